The number of unbranched alkanes of at least 4 members (excludes halogenated alkanes) is 32. The van der Waals surface area contributed by atoms with Crippen LogP contribution in [0.1, 0.15) is 264 Å². The van der Waals surface area contributed by atoms with Crippen molar-refractivity contribution in [2.45, 2.75) is 276 Å². The van der Waals surface area contributed by atoms with E-state index in [4.69, 9.17) is 4.74 Å². The summed E-state index contributed by atoms with van der Waals surface area (Å²) in [4.78, 5) is 24.4. The second-order valence-corrected chi connectivity index (χ2v) is 16.8. The lowest BCUT2D eigenvalue weighted by molar-refractivity contribution is -0.143. The molecule has 55 heavy (non-hydrogen) atoms. The molecule has 2 unspecified atom stereocenters. The minimum atomic E-state index is -0.680. The highest BCUT2D eigenvalue weighted by Crippen LogP contribution is 2.16. The number of hydrogen-bond donors (Lipinski definition) is 3. The van der Waals surface area contributed by atoms with Crippen LogP contribution in [-0.2, 0) is 14.3 Å². The molecule has 0 aliphatic carbocycles. The molecule has 0 rings (SSSR count). The molecule has 0 saturated carbocycles. The molecule has 0 fully saturated rings. The number of ether oxygens (including phenoxy) is 1. The second-order valence-electron chi connectivity index (χ2n) is 16.8. The van der Waals surface area contributed by atoms with Crippen molar-refractivity contribution in [3.63, 3.8) is 0 Å². The standard InChI is InChI=1S/C49H95NO5/c1-3-5-7-9-11-13-15-17-19-21-25-29-33-37-41-47(52)46(45-51)50-48(53)42-38-34-30-26-22-20-24-28-32-36-40-44-55-49(54)43-39-35-31-27-23-18-16-14-12-10-8-6-4-2/h24,28,46-47,51-52H,3-23,25-27,29-45H2,1-2H3,(H,50,53)/b28-24-. The lowest BCUT2D eigenvalue weighted by Crippen LogP contribution is -2.45. The Bertz CT molecular complexity index is 817. The summed E-state index contributed by atoms with van der Waals surface area (Å²) in [5.74, 6) is -0.0930. The van der Waals surface area contributed by atoms with E-state index in [-0.39, 0.29) is 18.5 Å². The van der Waals surface area contributed by atoms with E-state index in [1.165, 1.54) is 154 Å². The van der Waals surface area contributed by atoms with Crippen molar-refractivity contribution in [1.29, 1.82) is 0 Å². The van der Waals surface area contributed by atoms with E-state index in [0.29, 0.717) is 25.9 Å². The molecule has 0 bridgehead atoms. The van der Waals surface area contributed by atoms with E-state index < -0.39 is 12.1 Å². The molecule has 6 nitrogen and oxygen atoms in total. The van der Waals surface area contributed by atoms with E-state index in [1.807, 2.05) is 0 Å². The Kier molecular flexibility index (Phi) is 44.2. The number of amides is 1. The Hall–Kier alpha value is -1.40. The second kappa shape index (κ2) is 45.3. The molecule has 0 aromatic rings. The fourth-order valence-corrected chi connectivity index (χ4v) is 7.51. The average Bonchev–Trinajstić information content (AvgIpc) is 3.18. The van der Waals surface area contributed by atoms with Gasteiger partial charge >= 0.3 is 5.97 Å². The molecule has 0 radical (unpaired) electrons. The Morgan fingerprint density at radius 1 is 0.491 bits per heavy atom. The quantitative estimate of drug-likeness (QED) is 0.0325. The molecule has 0 aromatic heterocycles. The van der Waals surface area contributed by atoms with Gasteiger partial charge in [0.25, 0.3) is 0 Å². The number of carbonyl (C=O) groups is 2. The zero-order valence-corrected chi connectivity index (χ0v) is 36.9. The van der Waals surface area contributed by atoms with Gasteiger partial charge in [-0.3, -0.25) is 9.59 Å². The van der Waals surface area contributed by atoms with Crippen molar-refractivity contribution in [2.75, 3.05) is 13.2 Å². The van der Waals surface area contributed by atoms with Gasteiger partial charge in [-0.2, -0.15) is 0 Å². The van der Waals surface area contributed by atoms with Gasteiger partial charge in [0.2, 0.25) is 5.91 Å². The molecular formula is C49H95NO5. The first kappa shape index (κ1) is 53.6. The average molecular weight is 778 g/mol. The number of aliphatic hydroxyl groups is 2. The van der Waals surface area contributed by atoms with Crippen LogP contribution in [0.2, 0.25) is 0 Å². The van der Waals surface area contributed by atoms with Crippen LogP contribution in [0, 0.1) is 0 Å². The third-order valence-electron chi connectivity index (χ3n) is 11.3. The van der Waals surface area contributed by atoms with Crippen molar-refractivity contribution in [2.24, 2.45) is 0 Å². The highest BCUT2D eigenvalue weighted by Gasteiger charge is 2.20. The van der Waals surface area contributed by atoms with Gasteiger partial charge in [0.1, 0.15) is 0 Å². The van der Waals surface area contributed by atoms with Gasteiger partial charge in [-0.05, 0) is 51.4 Å². The van der Waals surface area contributed by atoms with Crippen LogP contribution in [0.5, 0.6) is 0 Å². The van der Waals surface area contributed by atoms with Gasteiger partial charge in [-0.25, -0.2) is 0 Å². The van der Waals surface area contributed by atoms with Crippen molar-refractivity contribution in [3.8, 4) is 0 Å². The molecule has 0 spiro atoms. The number of nitrogens with one attached hydrogen (secondary N) is 1. The summed E-state index contributed by atoms with van der Waals surface area (Å²) in [6, 6.07) is -0.560. The van der Waals surface area contributed by atoms with E-state index in [1.54, 1.807) is 0 Å². The summed E-state index contributed by atoms with van der Waals surface area (Å²) in [5.41, 5.74) is 0. The summed E-state index contributed by atoms with van der Waals surface area (Å²) in [5, 5.41) is 23.2. The summed E-state index contributed by atoms with van der Waals surface area (Å²) in [6.07, 6.45) is 50.3. The molecule has 326 valence electrons. The summed E-state index contributed by atoms with van der Waals surface area (Å²) in [6.45, 7) is 4.87. The van der Waals surface area contributed by atoms with Crippen LogP contribution in [0.4, 0.5) is 0 Å². The molecule has 0 aliphatic heterocycles. The van der Waals surface area contributed by atoms with Crippen molar-refractivity contribution >= 4 is 11.9 Å². The third-order valence-corrected chi connectivity index (χ3v) is 11.3. The molecule has 2 atom stereocenters. The molecule has 0 aliphatic rings. The lowest BCUT2D eigenvalue weighted by Gasteiger charge is -2.22. The van der Waals surface area contributed by atoms with Crippen molar-refractivity contribution in [1.82, 2.24) is 5.32 Å². The highest BCUT2D eigenvalue weighted by molar-refractivity contribution is 5.76. The third kappa shape index (κ3) is 42.0. The molecular weight excluding hydrogens is 683 g/mol. The van der Waals surface area contributed by atoms with Crippen LogP contribution >= 0.6 is 0 Å². The van der Waals surface area contributed by atoms with Crippen molar-refractivity contribution < 1.29 is 24.5 Å². The predicted molar refractivity (Wildman–Crippen MR) is 237 cm³/mol. The number of hydrogen-bond acceptors (Lipinski definition) is 5. The topological polar surface area (TPSA) is 95.9 Å². The van der Waals surface area contributed by atoms with Gasteiger partial charge < -0.3 is 20.3 Å². The number of allylic oxidation sites excluding steroid dienone is 2. The van der Waals surface area contributed by atoms with Gasteiger partial charge in [0.15, 0.2) is 0 Å². The maximum atomic E-state index is 12.4. The van der Waals surface area contributed by atoms with Crippen LogP contribution < -0.4 is 5.32 Å². The van der Waals surface area contributed by atoms with E-state index in [0.717, 1.165) is 77.0 Å². The number of esters is 1. The molecule has 3 N–H and O–H groups in total. The molecule has 0 saturated heterocycles. The zero-order valence-electron chi connectivity index (χ0n) is 36.9. The number of rotatable bonds is 45. The minimum Gasteiger partial charge on any atom is -0.466 e. The minimum absolute atomic E-state index is 0.0297. The van der Waals surface area contributed by atoms with Gasteiger partial charge in [-0.15, -0.1) is 0 Å². The lowest BCUT2D eigenvalue weighted by atomic mass is 10.0. The first-order valence-electron chi connectivity index (χ1n) is 24.4. The largest absolute Gasteiger partial charge is 0.466 e. The summed E-state index contributed by atoms with van der Waals surface area (Å²) < 4.78 is 5.43. The van der Waals surface area contributed by atoms with Crippen molar-refractivity contribution in [3.05, 3.63) is 12.2 Å². The number of aliphatic hydroxyl groups excluding tert-OH is 2. The maximum absolute atomic E-state index is 12.4. The van der Waals surface area contributed by atoms with E-state index in [2.05, 4.69) is 31.3 Å². The van der Waals surface area contributed by atoms with Crippen LogP contribution in [-0.4, -0.2) is 47.4 Å². The normalized spacial score (nSPS) is 12.7. The van der Waals surface area contributed by atoms with E-state index in [9.17, 15) is 19.8 Å². The Labute approximate surface area is 342 Å². The monoisotopic (exact) mass is 778 g/mol. The Morgan fingerprint density at radius 2 is 0.855 bits per heavy atom. The molecule has 6 heteroatoms. The van der Waals surface area contributed by atoms with Gasteiger partial charge in [-0.1, -0.05) is 212 Å². The number of carbonyl (C=O) groups excluding carboxylic acids is 2. The SMILES string of the molecule is CCCCCCCCCCCCCCCCC(O)C(CO)NC(=O)CCCCCCC/C=C\CCCCOC(=O)CCCCCCCCCCCCCCC. The molecule has 0 aromatic carbocycles. The highest BCUT2D eigenvalue weighted by atomic mass is 16.5. The van der Waals surface area contributed by atoms with Gasteiger partial charge in [0.05, 0.1) is 25.4 Å². The fraction of sp³-hybridized carbons (Fsp3) is 0.918. The van der Waals surface area contributed by atoms with Crippen LogP contribution in [0.25, 0.3) is 0 Å². The predicted octanol–water partition coefficient (Wildman–Crippen LogP) is 14.2. The van der Waals surface area contributed by atoms with Crippen LogP contribution in [0.15, 0.2) is 12.2 Å². The first-order chi connectivity index (χ1) is 27.0. The van der Waals surface area contributed by atoms with Crippen LogP contribution in [0.3, 0.4) is 0 Å². The maximum Gasteiger partial charge on any atom is 0.305 e. The summed E-state index contributed by atoms with van der Waals surface area (Å²) >= 11 is 0. The smallest absolute Gasteiger partial charge is 0.305 e. The summed E-state index contributed by atoms with van der Waals surface area (Å²) in [7, 11) is 0. The Morgan fingerprint density at radius 3 is 1.29 bits per heavy atom. The van der Waals surface area contributed by atoms with E-state index >= 15 is 0 Å². The fourth-order valence-electron chi connectivity index (χ4n) is 7.51. The molecule has 0 heterocycles. The Balaban J connectivity index is 3.51. The zero-order chi connectivity index (χ0) is 40.1. The molecule has 1 amide bonds. The first-order valence-corrected chi connectivity index (χ1v) is 24.4. The van der Waals surface area contributed by atoms with Gasteiger partial charge in [0, 0.05) is 12.8 Å².